The summed E-state index contributed by atoms with van der Waals surface area (Å²) in [5.74, 6) is -1.05. The second kappa shape index (κ2) is 6.72. The number of hydrogen-bond donors (Lipinski definition) is 2. The Hall–Kier alpha value is -1.11. The Morgan fingerprint density at radius 1 is 1.22 bits per heavy atom. The molecule has 0 bridgehead atoms. The van der Waals surface area contributed by atoms with E-state index in [0.717, 1.165) is 10.0 Å². The maximum Gasteiger partial charge on any atom is 0.231 e. The van der Waals surface area contributed by atoms with Gasteiger partial charge in [-0.05, 0) is 17.7 Å². The Morgan fingerprint density at radius 3 is 2.22 bits per heavy atom. The summed E-state index contributed by atoms with van der Waals surface area (Å²) >= 11 is 9.35. The SMILES string of the molecule is NC(=O)CN(CC(N)=O)Cc1ccc(Br)cc1Cl. The lowest BCUT2D eigenvalue weighted by Gasteiger charge is -2.19. The van der Waals surface area contributed by atoms with Crippen LogP contribution in [0.25, 0.3) is 0 Å². The molecule has 1 aromatic carbocycles. The Balaban J connectivity index is 2.81. The number of primary amides is 2. The number of carbonyl (C=O) groups excluding carboxylic acids is 2. The molecule has 2 amide bonds. The minimum atomic E-state index is -0.524. The van der Waals surface area contributed by atoms with E-state index in [1.165, 1.54) is 0 Å². The number of nitrogens with two attached hydrogens (primary N) is 2. The standard InChI is InChI=1S/C11H13BrClN3O2/c12-8-2-1-7(9(13)3-8)4-16(5-10(14)17)6-11(15)18/h1-3H,4-6H2,(H2,14,17)(H2,15,18). The summed E-state index contributed by atoms with van der Waals surface area (Å²) in [4.78, 5) is 23.4. The van der Waals surface area contributed by atoms with E-state index in [4.69, 9.17) is 23.1 Å². The highest BCUT2D eigenvalue weighted by molar-refractivity contribution is 9.10. The van der Waals surface area contributed by atoms with Gasteiger partial charge < -0.3 is 11.5 Å². The van der Waals surface area contributed by atoms with Crippen molar-refractivity contribution in [1.29, 1.82) is 0 Å². The zero-order chi connectivity index (χ0) is 13.7. The number of nitrogens with zero attached hydrogens (tertiary/aromatic N) is 1. The topological polar surface area (TPSA) is 89.4 Å². The molecule has 0 spiro atoms. The summed E-state index contributed by atoms with van der Waals surface area (Å²) in [5, 5.41) is 0.545. The fraction of sp³-hybridized carbons (Fsp3) is 0.273. The van der Waals surface area contributed by atoms with Crippen LogP contribution in [0.2, 0.25) is 5.02 Å². The van der Waals surface area contributed by atoms with Gasteiger partial charge in [0.15, 0.2) is 0 Å². The van der Waals surface area contributed by atoms with Crippen LogP contribution < -0.4 is 11.5 Å². The van der Waals surface area contributed by atoms with Crippen molar-refractivity contribution in [3.05, 3.63) is 33.3 Å². The second-order valence-corrected chi connectivity index (χ2v) is 5.14. The van der Waals surface area contributed by atoms with E-state index >= 15 is 0 Å². The Labute approximate surface area is 118 Å². The van der Waals surface area contributed by atoms with Gasteiger partial charge in [0.2, 0.25) is 11.8 Å². The van der Waals surface area contributed by atoms with Gasteiger partial charge in [-0.25, -0.2) is 0 Å². The summed E-state index contributed by atoms with van der Waals surface area (Å²) in [6.07, 6.45) is 0. The van der Waals surface area contributed by atoms with Crippen molar-refractivity contribution in [3.63, 3.8) is 0 Å². The monoisotopic (exact) mass is 333 g/mol. The molecule has 0 saturated heterocycles. The highest BCUT2D eigenvalue weighted by Gasteiger charge is 2.13. The first kappa shape index (κ1) is 14.9. The highest BCUT2D eigenvalue weighted by atomic mass is 79.9. The average molecular weight is 335 g/mol. The first-order valence-electron chi connectivity index (χ1n) is 5.11. The second-order valence-electron chi connectivity index (χ2n) is 3.81. The quantitative estimate of drug-likeness (QED) is 0.809. The Kier molecular flexibility index (Phi) is 5.58. The molecule has 7 heteroatoms. The number of benzene rings is 1. The first-order chi connectivity index (χ1) is 8.38. The Morgan fingerprint density at radius 2 is 1.78 bits per heavy atom. The van der Waals surface area contributed by atoms with E-state index in [1.807, 2.05) is 6.07 Å². The molecule has 5 nitrogen and oxygen atoms in total. The normalized spacial score (nSPS) is 10.6. The molecular formula is C11H13BrClN3O2. The van der Waals surface area contributed by atoms with Crippen LogP contribution in [0.15, 0.2) is 22.7 Å². The van der Waals surface area contributed by atoms with Crippen molar-refractivity contribution in [3.8, 4) is 0 Å². The third-order valence-corrected chi connectivity index (χ3v) is 3.01. The van der Waals surface area contributed by atoms with Gasteiger partial charge in [0.05, 0.1) is 13.1 Å². The van der Waals surface area contributed by atoms with Crippen LogP contribution in [0, 0.1) is 0 Å². The minimum absolute atomic E-state index is 0.0463. The van der Waals surface area contributed by atoms with Crippen molar-refractivity contribution in [2.45, 2.75) is 6.54 Å². The number of carbonyl (C=O) groups is 2. The van der Waals surface area contributed by atoms with Gasteiger partial charge in [0, 0.05) is 16.0 Å². The van der Waals surface area contributed by atoms with Gasteiger partial charge in [-0.3, -0.25) is 14.5 Å². The molecule has 0 fully saturated rings. The maximum absolute atomic E-state index is 10.9. The van der Waals surface area contributed by atoms with Gasteiger partial charge in [0.25, 0.3) is 0 Å². The summed E-state index contributed by atoms with van der Waals surface area (Å²) in [7, 11) is 0. The molecule has 0 aliphatic carbocycles. The lowest BCUT2D eigenvalue weighted by atomic mass is 10.2. The van der Waals surface area contributed by atoms with Crippen molar-refractivity contribution in [1.82, 2.24) is 4.90 Å². The summed E-state index contributed by atoms with van der Waals surface area (Å²) in [6.45, 7) is 0.239. The molecule has 1 rings (SSSR count). The zero-order valence-electron chi connectivity index (χ0n) is 9.53. The summed E-state index contributed by atoms with van der Waals surface area (Å²) < 4.78 is 0.854. The average Bonchev–Trinajstić information content (AvgIpc) is 2.20. The third-order valence-electron chi connectivity index (χ3n) is 2.17. The van der Waals surface area contributed by atoms with E-state index in [0.29, 0.717) is 11.6 Å². The molecule has 0 aliphatic rings. The molecule has 0 radical (unpaired) electrons. The van der Waals surface area contributed by atoms with Crippen LogP contribution in [0.4, 0.5) is 0 Å². The van der Waals surface area contributed by atoms with Gasteiger partial charge in [-0.2, -0.15) is 0 Å². The molecule has 98 valence electrons. The maximum atomic E-state index is 10.9. The minimum Gasteiger partial charge on any atom is -0.369 e. The van der Waals surface area contributed by atoms with Crippen LogP contribution in [-0.4, -0.2) is 29.8 Å². The van der Waals surface area contributed by atoms with Gasteiger partial charge in [0.1, 0.15) is 0 Å². The highest BCUT2D eigenvalue weighted by Crippen LogP contribution is 2.22. The van der Waals surface area contributed by atoms with Crippen LogP contribution in [0.1, 0.15) is 5.56 Å². The molecule has 4 N–H and O–H groups in total. The lowest BCUT2D eigenvalue weighted by Crippen LogP contribution is -2.39. The number of amides is 2. The molecule has 18 heavy (non-hydrogen) atoms. The molecule has 0 aliphatic heterocycles. The summed E-state index contributed by atoms with van der Waals surface area (Å²) in [5.41, 5.74) is 11.0. The van der Waals surface area contributed by atoms with Gasteiger partial charge in [-0.1, -0.05) is 33.6 Å². The van der Waals surface area contributed by atoms with E-state index < -0.39 is 11.8 Å². The van der Waals surface area contributed by atoms with E-state index in [2.05, 4.69) is 15.9 Å². The van der Waals surface area contributed by atoms with Crippen LogP contribution in [0.3, 0.4) is 0 Å². The fourth-order valence-corrected chi connectivity index (χ4v) is 2.23. The van der Waals surface area contributed by atoms with Crippen LogP contribution >= 0.6 is 27.5 Å². The smallest absolute Gasteiger partial charge is 0.231 e. The molecule has 1 aromatic rings. The van der Waals surface area contributed by atoms with Crippen LogP contribution in [0.5, 0.6) is 0 Å². The first-order valence-corrected chi connectivity index (χ1v) is 6.28. The predicted molar refractivity (Wildman–Crippen MR) is 72.8 cm³/mol. The van der Waals surface area contributed by atoms with Crippen molar-refractivity contribution in [2.24, 2.45) is 11.5 Å². The summed E-state index contributed by atoms with van der Waals surface area (Å²) in [6, 6.07) is 5.37. The van der Waals surface area contributed by atoms with E-state index in [-0.39, 0.29) is 13.1 Å². The van der Waals surface area contributed by atoms with Crippen molar-refractivity contribution in [2.75, 3.05) is 13.1 Å². The van der Waals surface area contributed by atoms with Gasteiger partial charge >= 0.3 is 0 Å². The third kappa shape index (κ3) is 5.03. The number of rotatable bonds is 6. The van der Waals surface area contributed by atoms with E-state index in [1.54, 1.807) is 17.0 Å². The Bertz CT molecular complexity index is 452. The molecular weight excluding hydrogens is 321 g/mol. The van der Waals surface area contributed by atoms with Crippen molar-refractivity contribution < 1.29 is 9.59 Å². The number of hydrogen-bond acceptors (Lipinski definition) is 3. The van der Waals surface area contributed by atoms with E-state index in [9.17, 15) is 9.59 Å². The molecule has 0 aromatic heterocycles. The van der Waals surface area contributed by atoms with Crippen molar-refractivity contribution >= 4 is 39.3 Å². The van der Waals surface area contributed by atoms with Crippen LogP contribution in [-0.2, 0) is 16.1 Å². The molecule has 0 saturated carbocycles. The van der Waals surface area contributed by atoms with Gasteiger partial charge in [-0.15, -0.1) is 0 Å². The largest absolute Gasteiger partial charge is 0.369 e. The fourth-order valence-electron chi connectivity index (χ4n) is 1.50. The number of halogens is 2. The molecule has 0 heterocycles. The molecule has 0 atom stereocenters. The molecule has 0 unspecified atom stereocenters. The predicted octanol–water partition coefficient (Wildman–Crippen LogP) is 0.875. The zero-order valence-corrected chi connectivity index (χ0v) is 11.9. The lowest BCUT2D eigenvalue weighted by molar-refractivity contribution is -0.122.